The smallest absolute Gasteiger partial charge is 0.00635 e. The zero-order valence-electron chi connectivity index (χ0n) is 13.0. The molecule has 1 atom stereocenters. The highest BCUT2D eigenvalue weighted by Crippen LogP contribution is 2.40. The van der Waals surface area contributed by atoms with E-state index in [9.17, 15) is 0 Å². The van der Waals surface area contributed by atoms with Gasteiger partial charge in [0.1, 0.15) is 0 Å². The monoisotopic (exact) mass is 250 g/mol. The van der Waals surface area contributed by atoms with E-state index in [1.54, 1.807) is 0 Å². The maximum atomic E-state index is 4.06. The Labute approximate surface area is 116 Å². The minimum absolute atomic E-state index is 0.283. The average molecular weight is 250 g/mol. The lowest BCUT2D eigenvalue weighted by Gasteiger charge is -2.35. The maximum absolute atomic E-state index is 4.06. The standard InChI is InChI=1S/C18H34/c1-6-11-12-13-14-15-16-17(7-2)18(8-3,9-4)10-5/h7-8,17H,2-3,6,9-16H2,1,4-5H3. The van der Waals surface area contributed by atoms with Crippen LogP contribution in [0.2, 0.25) is 0 Å². The molecular formula is C18H34. The summed E-state index contributed by atoms with van der Waals surface area (Å²) in [7, 11) is 0. The van der Waals surface area contributed by atoms with Crippen LogP contribution in [0.1, 0.15) is 78.6 Å². The highest BCUT2D eigenvalue weighted by atomic mass is 14.3. The molecule has 0 saturated carbocycles. The van der Waals surface area contributed by atoms with Crippen LogP contribution in [0.25, 0.3) is 0 Å². The molecule has 0 bridgehead atoms. The van der Waals surface area contributed by atoms with Gasteiger partial charge >= 0.3 is 0 Å². The summed E-state index contributed by atoms with van der Waals surface area (Å²) in [6.07, 6.45) is 16.2. The molecule has 0 aromatic rings. The summed E-state index contributed by atoms with van der Waals surface area (Å²) in [4.78, 5) is 0. The van der Waals surface area contributed by atoms with E-state index >= 15 is 0 Å². The van der Waals surface area contributed by atoms with Gasteiger partial charge in [0.2, 0.25) is 0 Å². The topological polar surface area (TPSA) is 0 Å². The molecule has 0 rings (SSSR count). The molecule has 0 aliphatic carbocycles. The number of hydrogen-bond donors (Lipinski definition) is 0. The van der Waals surface area contributed by atoms with Gasteiger partial charge in [-0.1, -0.05) is 71.4 Å². The van der Waals surface area contributed by atoms with E-state index in [0.29, 0.717) is 5.92 Å². The molecule has 0 aromatic heterocycles. The lowest BCUT2D eigenvalue weighted by Crippen LogP contribution is -2.25. The van der Waals surface area contributed by atoms with Gasteiger partial charge < -0.3 is 0 Å². The number of rotatable bonds is 12. The van der Waals surface area contributed by atoms with E-state index in [1.165, 1.54) is 57.8 Å². The number of unbranched alkanes of at least 4 members (excludes halogenated alkanes) is 5. The molecule has 1 unspecified atom stereocenters. The SMILES string of the molecule is C=CC(CCCCCCCC)C(C=C)(CC)CC. The first kappa shape index (κ1) is 17.5. The van der Waals surface area contributed by atoms with Crippen LogP contribution in [0.3, 0.4) is 0 Å². The molecule has 0 aliphatic rings. The fourth-order valence-corrected chi connectivity index (χ4v) is 3.00. The summed E-state index contributed by atoms with van der Waals surface area (Å²) in [5.74, 6) is 0.608. The highest BCUT2D eigenvalue weighted by Gasteiger charge is 2.29. The molecule has 18 heavy (non-hydrogen) atoms. The second kappa shape index (κ2) is 10.4. The van der Waals surface area contributed by atoms with E-state index in [0.717, 1.165) is 0 Å². The van der Waals surface area contributed by atoms with Gasteiger partial charge in [0.25, 0.3) is 0 Å². The van der Waals surface area contributed by atoms with Gasteiger partial charge in [0, 0.05) is 0 Å². The van der Waals surface area contributed by atoms with Crippen molar-refractivity contribution in [2.45, 2.75) is 78.6 Å². The largest absolute Gasteiger partial charge is 0.103 e. The van der Waals surface area contributed by atoms with Gasteiger partial charge in [-0.2, -0.15) is 0 Å². The van der Waals surface area contributed by atoms with E-state index in [-0.39, 0.29) is 5.41 Å². The molecule has 106 valence electrons. The first-order chi connectivity index (χ1) is 8.70. The van der Waals surface area contributed by atoms with Gasteiger partial charge in [-0.3, -0.25) is 0 Å². The molecule has 0 nitrogen and oxygen atoms in total. The molecule has 0 radical (unpaired) electrons. The molecule has 0 aliphatic heterocycles. The number of hydrogen-bond acceptors (Lipinski definition) is 0. The van der Waals surface area contributed by atoms with Gasteiger partial charge in [-0.05, 0) is 30.6 Å². The van der Waals surface area contributed by atoms with E-state index in [2.05, 4.69) is 46.1 Å². The normalized spacial score (nSPS) is 13.3. The van der Waals surface area contributed by atoms with Crippen LogP contribution in [-0.2, 0) is 0 Å². The van der Waals surface area contributed by atoms with Crippen molar-refractivity contribution in [2.75, 3.05) is 0 Å². The fraction of sp³-hybridized carbons (Fsp3) is 0.778. The Bertz CT molecular complexity index is 210. The van der Waals surface area contributed by atoms with Crippen molar-refractivity contribution >= 4 is 0 Å². The molecule has 0 heteroatoms. The Balaban J connectivity index is 4.09. The third-order valence-electron chi connectivity index (χ3n) is 4.61. The Morgan fingerprint density at radius 3 is 1.89 bits per heavy atom. The van der Waals surface area contributed by atoms with Crippen molar-refractivity contribution in [3.8, 4) is 0 Å². The van der Waals surface area contributed by atoms with Crippen LogP contribution >= 0.6 is 0 Å². The fourth-order valence-electron chi connectivity index (χ4n) is 3.00. The summed E-state index contributed by atoms with van der Waals surface area (Å²) in [6.45, 7) is 14.9. The number of allylic oxidation sites excluding steroid dienone is 2. The maximum Gasteiger partial charge on any atom is -0.00635 e. The Morgan fingerprint density at radius 1 is 0.889 bits per heavy atom. The lowest BCUT2D eigenvalue weighted by molar-refractivity contribution is 0.237. The van der Waals surface area contributed by atoms with Crippen molar-refractivity contribution in [1.82, 2.24) is 0 Å². The van der Waals surface area contributed by atoms with Crippen LogP contribution in [-0.4, -0.2) is 0 Å². The van der Waals surface area contributed by atoms with Crippen LogP contribution < -0.4 is 0 Å². The van der Waals surface area contributed by atoms with E-state index in [4.69, 9.17) is 0 Å². The second-order valence-electron chi connectivity index (χ2n) is 5.54. The van der Waals surface area contributed by atoms with Crippen LogP contribution in [0.4, 0.5) is 0 Å². The van der Waals surface area contributed by atoms with Gasteiger partial charge in [0.15, 0.2) is 0 Å². The minimum Gasteiger partial charge on any atom is -0.103 e. The van der Waals surface area contributed by atoms with Crippen molar-refractivity contribution in [1.29, 1.82) is 0 Å². The third-order valence-corrected chi connectivity index (χ3v) is 4.61. The van der Waals surface area contributed by atoms with Crippen molar-refractivity contribution < 1.29 is 0 Å². The zero-order valence-corrected chi connectivity index (χ0v) is 13.0. The van der Waals surface area contributed by atoms with Crippen LogP contribution in [0.5, 0.6) is 0 Å². The predicted molar refractivity (Wildman–Crippen MR) is 84.9 cm³/mol. The first-order valence-corrected chi connectivity index (χ1v) is 7.96. The summed E-state index contributed by atoms with van der Waals surface area (Å²) in [6, 6.07) is 0. The summed E-state index contributed by atoms with van der Waals surface area (Å²) >= 11 is 0. The molecule has 0 saturated heterocycles. The molecule has 0 spiro atoms. The average Bonchev–Trinajstić information content (AvgIpc) is 2.42. The summed E-state index contributed by atoms with van der Waals surface area (Å²) in [5.41, 5.74) is 0.283. The van der Waals surface area contributed by atoms with Gasteiger partial charge in [0.05, 0.1) is 0 Å². The molecule has 0 aromatic carbocycles. The quantitative estimate of drug-likeness (QED) is 0.273. The Morgan fingerprint density at radius 2 is 1.44 bits per heavy atom. The highest BCUT2D eigenvalue weighted by molar-refractivity contribution is 5.03. The van der Waals surface area contributed by atoms with E-state index < -0.39 is 0 Å². The Kier molecular flexibility index (Phi) is 10.1. The molecular weight excluding hydrogens is 216 g/mol. The summed E-state index contributed by atoms with van der Waals surface area (Å²) < 4.78 is 0. The zero-order chi connectivity index (χ0) is 13.9. The van der Waals surface area contributed by atoms with Gasteiger partial charge in [-0.25, -0.2) is 0 Å². The van der Waals surface area contributed by atoms with Crippen molar-refractivity contribution in [3.05, 3.63) is 25.3 Å². The third kappa shape index (κ3) is 5.42. The van der Waals surface area contributed by atoms with Crippen LogP contribution in [0.15, 0.2) is 25.3 Å². The molecule has 0 heterocycles. The lowest BCUT2D eigenvalue weighted by atomic mass is 9.69. The Hall–Kier alpha value is -0.520. The van der Waals surface area contributed by atoms with Crippen LogP contribution in [0, 0.1) is 11.3 Å². The summed E-state index contributed by atoms with van der Waals surface area (Å²) in [5, 5.41) is 0. The molecule has 0 amide bonds. The first-order valence-electron chi connectivity index (χ1n) is 7.96. The second-order valence-corrected chi connectivity index (χ2v) is 5.54. The van der Waals surface area contributed by atoms with Crippen molar-refractivity contribution in [3.63, 3.8) is 0 Å². The minimum atomic E-state index is 0.283. The van der Waals surface area contributed by atoms with Crippen molar-refractivity contribution in [2.24, 2.45) is 11.3 Å². The molecule has 0 fully saturated rings. The molecule has 0 N–H and O–H groups in total. The van der Waals surface area contributed by atoms with Gasteiger partial charge in [-0.15, -0.1) is 13.2 Å². The van der Waals surface area contributed by atoms with E-state index in [1.807, 2.05) is 0 Å². The predicted octanol–water partition coefficient (Wildman–Crippen LogP) is 6.53.